The van der Waals surface area contributed by atoms with Gasteiger partial charge in [0.2, 0.25) is 0 Å². The summed E-state index contributed by atoms with van der Waals surface area (Å²) in [7, 11) is 0. The predicted octanol–water partition coefficient (Wildman–Crippen LogP) is 5.83. The van der Waals surface area contributed by atoms with Crippen LogP contribution >= 0.6 is 0 Å². The molecule has 0 saturated heterocycles. The molecule has 24 spiro atoms. The highest BCUT2D eigenvalue weighted by Crippen LogP contribution is 3.71. The lowest BCUT2D eigenvalue weighted by Crippen LogP contribution is -3.67. The fourth-order valence-corrected chi connectivity index (χ4v) is 56.6. The molecule has 36 aliphatic rings. The maximum absolute atomic E-state index is 1.93. The third-order valence-corrected chi connectivity index (χ3v) is 44.6. The first-order valence-corrected chi connectivity index (χ1v) is 26.8. The van der Waals surface area contributed by atoms with Crippen LogP contribution in [0.1, 0.15) is 51.4 Å². The first kappa shape index (κ1) is 19.1. The molecular weight excluding hydrogens is 649 g/mol. The van der Waals surface area contributed by atoms with Crippen molar-refractivity contribution < 1.29 is 0 Å². The van der Waals surface area contributed by atoms with E-state index in [2.05, 4.69) is 0 Å². The van der Waals surface area contributed by atoms with Gasteiger partial charge in [0.15, 0.2) is 0 Å². The molecule has 46 unspecified atom stereocenters. The predicted molar refractivity (Wildman–Crippen MR) is 172 cm³/mol. The fraction of sp³-hybridized carbons (Fsp3) is 1.00. The van der Waals surface area contributed by atoms with E-state index in [1.807, 2.05) is 38.5 Å². The quantitative estimate of drug-likeness (QED) is 0.301. The topological polar surface area (TPSA) is 0 Å². The minimum absolute atomic E-state index is 1.02. The van der Waals surface area contributed by atoms with E-state index in [1.54, 1.807) is 12.8 Å². The van der Waals surface area contributed by atoms with Gasteiger partial charge >= 0.3 is 0 Å². The summed E-state index contributed by atoms with van der Waals surface area (Å²) in [4.78, 5) is 0. The summed E-state index contributed by atoms with van der Waals surface area (Å²) in [5.41, 5.74) is 26.6. The molecule has 0 aliphatic heterocycles. The Morgan fingerprint density at radius 3 is 1.33 bits per heavy atom. The molecule has 0 amide bonds. The zero-order valence-electron chi connectivity index (χ0n) is 30.4. The molecule has 2 bridgehead atoms. The van der Waals surface area contributed by atoms with E-state index in [9.17, 15) is 0 Å². The molecule has 0 aromatic carbocycles. The minimum Gasteiger partial charge on any atom is -0.0499 e. The maximum atomic E-state index is 1.93. The molecule has 0 radical (unpaired) electrons. The lowest BCUT2D eigenvalue weighted by molar-refractivity contribution is -1.24. The average Bonchev–Trinajstić information content (AvgIpc) is 3.06. The number of hydrogen-bond acceptors (Lipinski definition) is 0. The van der Waals surface area contributed by atoms with Crippen LogP contribution in [-0.4, -0.2) is 0 Å². The van der Waals surface area contributed by atoms with E-state index in [4.69, 9.17) is 0 Å². The molecule has 0 heterocycles. The standard InChI is InChI=1S/C54H38/c1-4-13-21-28-30-25-17-7-15-23-22-14-6-16-24-29-27-20-12-3-2-10-8-31(12)35-19-11(10)5-9(1)18-26(19)42(35)34(13,18)41(21)46(28)45(30)40(25)33(15,17)38(23)37(22)32(14,16)39(24)44(29)43(27)36(20,31)47(35)50(41,42)54(46)51(43,47)52(44)48(37,39)49(38,40)53(45,52)54/h9-30H,1-8H2. The van der Waals surface area contributed by atoms with Crippen molar-refractivity contribution in [3.05, 3.63) is 0 Å². The van der Waals surface area contributed by atoms with Crippen LogP contribution in [-0.2, 0) is 0 Å². The zero-order chi connectivity index (χ0) is 30.4. The van der Waals surface area contributed by atoms with Gasteiger partial charge in [-0.3, -0.25) is 0 Å². The van der Waals surface area contributed by atoms with Gasteiger partial charge in [-0.25, -0.2) is 0 Å². The van der Waals surface area contributed by atoms with E-state index in [-0.39, 0.29) is 0 Å². The van der Waals surface area contributed by atoms with E-state index >= 15 is 0 Å². The van der Waals surface area contributed by atoms with Crippen molar-refractivity contribution in [2.75, 3.05) is 0 Å². The van der Waals surface area contributed by atoms with Crippen molar-refractivity contribution in [3.63, 3.8) is 0 Å². The highest BCUT2D eigenvalue weighted by Gasteiger charge is 3.70. The van der Waals surface area contributed by atoms with Gasteiger partial charge in [-0.2, -0.15) is 0 Å². The summed E-state index contributed by atoms with van der Waals surface area (Å²) >= 11 is 0. The van der Waals surface area contributed by atoms with Crippen molar-refractivity contribution in [3.8, 4) is 0 Å². The Bertz CT molecular complexity index is 3240. The first-order valence-electron chi connectivity index (χ1n) is 26.8. The smallest absolute Gasteiger partial charge is 0.000383 e. The van der Waals surface area contributed by atoms with Crippen molar-refractivity contribution in [1.82, 2.24) is 0 Å². The van der Waals surface area contributed by atoms with Gasteiger partial charge in [0.05, 0.1) is 0 Å². The van der Waals surface area contributed by atoms with E-state index in [0.717, 1.165) is 130 Å². The molecule has 254 valence electrons. The Morgan fingerprint density at radius 1 is 0.259 bits per heavy atom. The van der Waals surface area contributed by atoms with Crippen molar-refractivity contribution in [2.24, 2.45) is 260 Å². The highest BCUT2D eigenvalue weighted by molar-refractivity contribution is 6.14. The number of fused-ring (bicyclic) bond motifs is 15. The fourth-order valence-electron chi connectivity index (χ4n) is 56.6. The first-order chi connectivity index (χ1) is 26.8. The van der Waals surface area contributed by atoms with Crippen LogP contribution in [0.2, 0.25) is 0 Å². The maximum Gasteiger partial charge on any atom is -0.000383 e. The molecule has 0 aromatic heterocycles. The lowest BCUT2D eigenvalue weighted by atomic mass is 8.34. The van der Waals surface area contributed by atoms with E-state index in [1.165, 1.54) is 130 Å². The van der Waals surface area contributed by atoms with Crippen LogP contribution in [0.25, 0.3) is 0 Å². The lowest BCUT2D eigenvalue weighted by Gasteiger charge is -3.68. The van der Waals surface area contributed by atoms with Crippen molar-refractivity contribution in [1.29, 1.82) is 0 Å². The van der Waals surface area contributed by atoms with Gasteiger partial charge in [0.1, 0.15) is 0 Å². The van der Waals surface area contributed by atoms with Gasteiger partial charge in [-0.05, 0) is 312 Å². The Morgan fingerprint density at radius 2 is 0.685 bits per heavy atom. The normalized spacial score (nSPS) is 133. The average molecular weight is 687 g/mol. The molecule has 36 aliphatic carbocycles. The van der Waals surface area contributed by atoms with Gasteiger partial charge < -0.3 is 0 Å². The van der Waals surface area contributed by atoms with E-state index in [0.29, 0.717) is 0 Å². The Balaban J connectivity index is 0.846. The molecule has 54 heavy (non-hydrogen) atoms. The third-order valence-electron chi connectivity index (χ3n) is 44.6. The molecule has 0 aromatic rings. The molecule has 36 rings (SSSR count). The minimum atomic E-state index is 1.02. The van der Waals surface area contributed by atoms with E-state index < -0.39 is 0 Å². The number of hydrogen-bond donors (Lipinski definition) is 0. The summed E-state index contributed by atoms with van der Waals surface area (Å²) in [6, 6.07) is 0. The highest BCUT2D eigenvalue weighted by atomic mass is 15.7. The SMILES string of the molecule is C1CC2C3C4C5C6C7CC8C9C%10C%11CC%12C%13C%14C%15C%16C%17CCC%18CC%19C1CC21C2%20C%19C%19C%18C%17%18C%192C2%17C%16%18C%15%16C%14%15C%13%14C%11%12C%10%11C9%10C87C67C56C45C31C%202C51C%16%17C%152C%11%14C%107C612. The summed E-state index contributed by atoms with van der Waals surface area (Å²) < 4.78 is 0. The molecular formula is C54H38. The summed E-state index contributed by atoms with van der Waals surface area (Å²) in [5.74, 6) is 30.1. The summed E-state index contributed by atoms with van der Waals surface area (Å²) in [6.45, 7) is 0. The Labute approximate surface area is 310 Å². The second-order valence-electron chi connectivity index (χ2n) is 34.0. The van der Waals surface area contributed by atoms with Gasteiger partial charge in [-0.15, -0.1) is 0 Å². The zero-order valence-corrected chi connectivity index (χ0v) is 30.4. The molecule has 0 nitrogen and oxygen atoms in total. The molecule has 36 fully saturated rings. The summed E-state index contributed by atoms with van der Waals surface area (Å²) in [6.07, 6.45) is 14.7. The van der Waals surface area contributed by atoms with Crippen LogP contribution in [0.4, 0.5) is 0 Å². The van der Waals surface area contributed by atoms with Crippen LogP contribution in [0.5, 0.6) is 0 Å². The van der Waals surface area contributed by atoms with Gasteiger partial charge in [0, 0.05) is 0 Å². The van der Waals surface area contributed by atoms with Crippen molar-refractivity contribution >= 4 is 0 Å². The van der Waals surface area contributed by atoms with Crippen LogP contribution in [0.3, 0.4) is 0 Å². The second kappa shape index (κ2) is 3.02. The van der Waals surface area contributed by atoms with Crippen LogP contribution in [0, 0.1) is 260 Å². The third kappa shape index (κ3) is 0.439. The van der Waals surface area contributed by atoms with Crippen LogP contribution in [0.15, 0.2) is 0 Å². The summed E-state index contributed by atoms with van der Waals surface area (Å²) in [5, 5.41) is 0. The van der Waals surface area contributed by atoms with Gasteiger partial charge in [-0.1, -0.05) is 0 Å². The molecule has 36 saturated carbocycles. The largest absolute Gasteiger partial charge is 0.0499 e. The molecule has 0 N–H and O–H groups in total. The number of rotatable bonds is 0. The molecule has 46 atom stereocenters. The van der Waals surface area contributed by atoms with Crippen molar-refractivity contribution in [2.45, 2.75) is 51.4 Å². The Kier molecular flexibility index (Phi) is 1.07. The van der Waals surface area contributed by atoms with Crippen LogP contribution < -0.4 is 0 Å². The van der Waals surface area contributed by atoms with Gasteiger partial charge in [0.25, 0.3) is 0 Å². The Hall–Kier alpha value is 0. The molecule has 0 heteroatoms. The second-order valence-corrected chi connectivity index (χ2v) is 34.0. The monoisotopic (exact) mass is 686 g/mol.